The summed E-state index contributed by atoms with van der Waals surface area (Å²) >= 11 is 6.43. The molecular formula is C23H23ClN2O2. The molecule has 0 atom stereocenters. The summed E-state index contributed by atoms with van der Waals surface area (Å²) < 4.78 is 5.84. The molecule has 2 heterocycles. The van der Waals surface area contributed by atoms with Gasteiger partial charge in [0, 0.05) is 18.7 Å². The number of benzene rings is 2. The van der Waals surface area contributed by atoms with Crippen LogP contribution in [0.3, 0.4) is 0 Å². The molecule has 0 bridgehead atoms. The van der Waals surface area contributed by atoms with Crippen molar-refractivity contribution < 1.29 is 9.21 Å². The Morgan fingerprint density at radius 3 is 2.57 bits per heavy atom. The van der Waals surface area contributed by atoms with Crippen LogP contribution in [0.5, 0.6) is 0 Å². The maximum absolute atomic E-state index is 12.8. The van der Waals surface area contributed by atoms with Crippen molar-refractivity contribution in [3.05, 3.63) is 70.4 Å². The normalized spacial score (nSPS) is 13.8. The highest BCUT2D eigenvalue weighted by molar-refractivity contribution is 6.34. The van der Waals surface area contributed by atoms with Gasteiger partial charge in [-0.1, -0.05) is 29.8 Å². The Balaban J connectivity index is 1.57. The first-order valence-electron chi connectivity index (χ1n) is 9.55. The lowest BCUT2D eigenvalue weighted by atomic mass is 10.1. The van der Waals surface area contributed by atoms with Gasteiger partial charge in [-0.25, -0.2) is 0 Å². The fourth-order valence-corrected chi connectivity index (χ4v) is 3.87. The first-order valence-corrected chi connectivity index (χ1v) is 9.93. The highest BCUT2D eigenvalue weighted by Gasteiger charge is 2.21. The zero-order valence-electron chi connectivity index (χ0n) is 16.1. The number of carbonyl (C=O) groups excluding carboxylic acids is 1. The van der Waals surface area contributed by atoms with Crippen LogP contribution < -0.4 is 10.2 Å². The molecule has 4 nitrogen and oxygen atoms in total. The maximum Gasteiger partial charge on any atom is 0.291 e. The van der Waals surface area contributed by atoms with Gasteiger partial charge in [-0.15, -0.1) is 0 Å². The molecule has 1 saturated heterocycles. The number of nitrogens with zero attached hydrogens (tertiary/aromatic N) is 1. The van der Waals surface area contributed by atoms with Crippen LogP contribution in [0.4, 0.5) is 11.4 Å². The van der Waals surface area contributed by atoms with Crippen molar-refractivity contribution in [1.29, 1.82) is 0 Å². The molecule has 144 valence electrons. The molecule has 3 aromatic rings. The van der Waals surface area contributed by atoms with Gasteiger partial charge in [0.05, 0.1) is 16.4 Å². The van der Waals surface area contributed by atoms with Crippen LogP contribution in [-0.4, -0.2) is 19.0 Å². The molecule has 0 unspecified atom stereocenters. The van der Waals surface area contributed by atoms with Crippen molar-refractivity contribution in [3.63, 3.8) is 0 Å². The molecular weight excluding hydrogens is 372 g/mol. The molecule has 1 fully saturated rings. The van der Waals surface area contributed by atoms with Crippen molar-refractivity contribution in [2.45, 2.75) is 26.7 Å². The van der Waals surface area contributed by atoms with E-state index < -0.39 is 0 Å². The van der Waals surface area contributed by atoms with Gasteiger partial charge in [-0.3, -0.25) is 4.79 Å². The summed E-state index contributed by atoms with van der Waals surface area (Å²) in [6.45, 7) is 6.03. The number of hydrogen-bond donors (Lipinski definition) is 1. The van der Waals surface area contributed by atoms with E-state index in [4.69, 9.17) is 16.0 Å². The number of nitrogens with one attached hydrogen (secondary N) is 1. The van der Waals surface area contributed by atoms with E-state index in [1.165, 1.54) is 11.1 Å². The minimum absolute atomic E-state index is 0.278. The van der Waals surface area contributed by atoms with E-state index in [9.17, 15) is 4.79 Å². The van der Waals surface area contributed by atoms with Crippen LogP contribution in [-0.2, 0) is 0 Å². The minimum Gasteiger partial charge on any atom is -0.451 e. The number of hydrogen-bond acceptors (Lipinski definition) is 3. The molecule has 1 N–H and O–H groups in total. The average molecular weight is 395 g/mol. The summed E-state index contributed by atoms with van der Waals surface area (Å²) in [6.07, 6.45) is 2.27. The van der Waals surface area contributed by atoms with E-state index in [0.717, 1.165) is 37.2 Å². The van der Waals surface area contributed by atoms with E-state index in [1.807, 2.05) is 30.3 Å². The number of anilines is 2. The van der Waals surface area contributed by atoms with Crippen LogP contribution in [0.2, 0.25) is 5.02 Å². The third-order valence-corrected chi connectivity index (χ3v) is 5.58. The molecule has 0 saturated carbocycles. The van der Waals surface area contributed by atoms with Gasteiger partial charge in [-0.05, 0) is 68.1 Å². The van der Waals surface area contributed by atoms with E-state index in [1.54, 1.807) is 6.07 Å². The molecule has 1 aromatic heterocycles. The maximum atomic E-state index is 12.8. The molecule has 1 aliphatic heterocycles. The summed E-state index contributed by atoms with van der Waals surface area (Å²) in [5.41, 5.74) is 4.97. The average Bonchev–Trinajstić information content (AvgIpc) is 3.36. The molecule has 28 heavy (non-hydrogen) atoms. The van der Waals surface area contributed by atoms with Crippen LogP contribution in [0, 0.1) is 13.8 Å². The number of amides is 1. The Labute approximate surface area is 170 Å². The first kappa shape index (κ1) is 18.6. The quantitative estimate of drug-likeness (QED) is 0.584. The lowest BCUT2D eigenvalue weighted by Crippen LogP contribution is -2.21. The Kier molecular flexibility index (Phi) is 5.14. The van der Waals surface area contributed by atoms with Crippen LogP contribution in [0.25, 0.3) is 11.3 Å². The second-order valence-electron chi connectivity index (χ2n) is 7.25. The van der Waals surface area contributed by atoms with E-state index in [0.29, 0.717) is 16.5 Å². The van der Waals surface area contributed by atoms with E-state index >= 15 is 0 Å². The van der Waals surface area contributed by atoms with Crippen molar-refractivity contribution in [1.82, 2.24) is 0 Å². The van der Waals surface area contributed by atoms with Gasteiger partial charge < -0.3 is 14.6 Å². The van der Waals surface area contributed by atoms with E-state index in [2.05, 4.69) is 36.2 Å². The lowest BCUT2D eigenvalue weighted by molar-refractivity contribution is 0.0997. The largest absolute Gasteiger partial charge is 0.451 e. The highest BCUT2D eigenvalue weighted by atomic mass is 35.5. The third-order valence-electron chi connectivity index (χ3n) is 5.28. The Morgan fingerprint density at radius 2 is 1.82 bits per heavy atom. The van der Waals surface area contributed by atoms with Crippen molar-refractivity contribution in [2.24, 2.45) is 0 Å². The SMILES string of the molecule is Cc1ccc(-c2ccc(C(=O)Nc3cccc(Cl)c3N3CCCC3)o2)cc1C. The summed E-state index contributed by atoms with van der Waals surface area (Å²) in [7, 11) is 0. The first-order chi connectivity index (χ1) is 13.5. The van der Waals surface area contributed by atoms with Crippen LogP contribution in [0.15, 0.2) is 52.9 Å². The minimum atomic E-state index is -0.280. The number of carbonyl (C=O) groups is 1. The van der Waals surface area contributed by atoms with Crippen LogP contribution >= 0.6 is 11.6 Å². The Bertz CT molecular complexity index is 1020. The van der Waals surface area contributed by atoms with Gasteiger partial charge in [0.1, 0.15) is 5.76 Å². The smallest absolute Gasteiger partial charge is 0.291 e. The number of aryl methyl sites for hydroxylation is 2. The van der Waals surface area contributed by atoms with Gasteiger partial charge in [0.2, 0.25) is 0 Å². The van der Waals surface area contributed by atoms with Gasteiger partial charge >= 0.3 is 0 Å². The number of halogens is 1. The molecule has 0 aliphatic carbocycles. The standard InChI is InChI=1S/C23H23ClN2O2/c1-15-8-9-17(14-16(15)2)20-10-11-21(28-20)23(27)25-19-7-5-6-18(24)22(19)26-12-3-4-13-26/h5-11,14H,3-4,12-13H2,1-2H3,(H,25,27). The number of para-hydroxylation sites is 1. The van der Waals surface area contributed by atoms with E-state index in [-0.39, 0.29) is 11.7 Å². The summed E-state index contributed by atoms with van der Waals surface area (Å²) in [5, 5.41) is 3.62. The Hall–Kier alpha value is -2.72. The van der Waals surface area contributed by atoms with Gasteiger partial charge in [-0.2, -0.15) is 0 Å². The molecule has 4 rings (SSSR count). The molecule has 1 aliphatic rings. The van der Waals surface area contributed by atoms with Crippen LogP contribution in [0.1, 0.15) is 34.5 Å². The number of rotatable bonds is 4. The zero-order valence-corrected chi connectivity index (χ0v) is 16.8. The second-order valence-corrected chi connectivity index (χ2v) is 7.65. The molecule has 5 heteroatoms. The zero-order chi connectivity index (χ0) is 19.7. The summed E-state index contributed by atoms with van der Waals surface area (Å²) in [4.78, 5) is 15.0. The van der Waals surface area contributed by atoms with Crippen molar-refractivity contribution in [2.75, 3.05) is 23.3 Å². The topological polar surface area (TPSA) is 45.5 Å². The highest BCUT2D eigenvalue weighted by Crippen LogP contribution is 2.36. The Morgan fingerprint density at radius 1 is 1.04 bits per heavy atom. The molecule has 1 amide bonds. The van der Waals surface area contributed by atoms with Crippen molar-refractivity contribution in [3.8, 4) is 11.3 Å². The fraction of sp³-hybridized carbons (Fsp3) is 0.261. The van der Waals surface area contributed by atoms with Gasteiger partial charge in [0.25, 0.3) is 5.91 Å². The number of furan rings is 1. The van der Waals surface area contributed by atoms with Crippen molar-refractivity contribution >= 4 is 28.9 Å². The summed E-state index contributed by atoms with van der Waals surface area (Å²) in [6, 6.07) is 15.3. The lowest BCUT2D eigenvalue weighted by Gasteiger charge is -2.22. The fourth-order valence-electron chi connectivity index (χ4n) is 3.57. The molecule has 0 radical (unpaired) electrons. The predicted octanol–water partition coefficient (Wildman–Crippen LogP) is 6.07. The molecule has 0 spiro atoms. The monoisotopic (exact) mass is 394 g/mol. The van der Waals surface area contributed by atoms with Gasteiger partial charge in [0.15, 0.2) is 5.76 Å². The third kappa shape index (κ3) is 3.65. The summed E-state index contributed by atoms with van der Waals surface area (Å²) in [5.74, 6) is 0.678. The molecule has 2 aromatic carbocycles. The predicted molar refractivity (Wildman–Crippen MR) is 114 cm³/mol. The second kappa shape index (κ2) is 7.72.